The molecule has 0 saturated heterocycles. The van der Waals surface area contributed by atoms with Gasteiger partial charge in [-0.3, -0.25) is 9.59 Å². The zero-order chi connectivity index (χ0) is 22.4. The van der Waals surface area contributed by atoms with Gasteiger partial charge in [-0.2, -0.15) is 0 Å². The van der Waals surface area contributed by atoms with E-state index in [1.165, 1.54) is 14.2 Å². The third kappa shape index (κ3) is 5.11. The number of hydrogen-bond donors (Lipinski definition) is 2. The molecule has 2 aromatic carbocycles. The van der Waals surface area contributed by atoms with Crippen molar-refractivity contribution >= 4 is 29.5 Å². The molecule has 2 N–H and O–H groups in total. The molecule has 0 spiro atoms. The lowest BCUT2D eigenvalue weighted by atomic mass is 10.0. The normalized spacial score (nSPS) is 14.3. The summed E-state index contributed by atoms with van der Waals surface area (Å²) < 4.78 is 15.5. The first-order chi connectivity index (χ1) is 14.9. The van der Waals surface area contributed by atoms with Crippen LogP contribution in [0, 0.1) is 0 Å². The predicted octanol–water partition coefficient (Wildman–Crippen LogP) is 2.67. The second-order valence-corrected chi connectivity index (χ2v) is 6.61. The van der Waals surface area contributed by atoms with Crippen LogP contribution in [0.3, 0.4) is 0 Å². The van der Waals surface area contributed by atoms with Crippen LogP contribution in [0.25, 0.3) is 6.08 Å². The lowest BCUT2D eigenvalue weighted by molar-refractivity contribution is -0.136. The summed E-state index contributed by atoms with van der Waals surface area (Å²) in [5.41, 5.74) is 2.13. The highest BCUT2D eigenvalue weighted by molar-refractivity contribution is 6.16. The van der Waals surface area contributed by atoms with Crippen molar-refractivity contribution in [2.24, 2.45) is 0 Å². The summed E-state index contributed by atoms with van der Waals surface area (Å²) >= 11 is 0. The monoisotopic (exact) mass is 422 g/mol. The van der Waals surface area contributed by atoms with E-state index >= 15 is 0 Å². The fraction of sp³-hybridized carbons (Fsp3) is 0.174. The van der Waals surface area contributed by atoms with E-state index in [-0.39, 0.29) is 29.6 Å². The van der Waals surface area contributed by atoms with Gasteiger partial charge in [-0.25, -0.2) is 4.79 Å². The molecule has 0 radical (unpaired) electrons. The molecular weight excluding hydrogens is 400 g/mol. The molecule has 31 heavy (non-hydrogen) atoms. The fourth-order valence-corrected chi connectivity index (χ4v) is 3.03. The lowest BCUT2D eigenvalue weighted by Gasteiger charge is -2.10. The maximum atomic E-state index is 12.2. The van der Waals surface area contributed by atoms with Gasteiger partial charge in [0.05, 0.1) is 31.1 Å². The maximum absolute atomic E-state index is 12.2. The molecule has 2 amide bonds. The number of para-hydroxylation sites is 2. The number of nitrogens with one attached hydrogen (secondary N) is 2. The van der Waals surface area contributed by atoms with Crippen LogP contribution in [0.5, 0.6) is 11.5 Å². The number of carbonyl (C=O) groups excluding carboxylic acids is 3. The molecule has 1 heterocycles. The number of carbonyl (C=O) groups is 3. The van der Waals surface area contributed by atoms with E-state index in [0.29, 0.717) is 28.4 Å². The minimum absolute atomic E-state index is 0.185. The summed E-state index contributed by atoms with van der Waals surface area (Å²) in [6.45, 7) is 1.45. The molecule has 0 atom stereocenters. The SMILES string of the molecule is COC(=O)C1=C(C)NC(=O)/C1=C/c1ccc(OCC(=O)Nc2ccccc2OC)cc1. The van der Waals surface area contributed by atoms with Gasteiger partial charge >= 0.3 is 5.97 Å². The molecule has 2 aromatic rings. The third-order valence-corrected chi connectivity index (χ3v) is 4.52. The molecule has 0 fully saturated rings. The molecule has 0 unspecified atom stereocenters. The number of methoxy groups -OCH3 is 2. The zero-order valence-electron chi connectivity index (χ0n) is 17.4. The van der Waals surface area contributed by atoms with Crippen molar-refractivity contribution in [2.75, 3.05) is 26.1 Å². The molecule has 1 aliphatic heterocycles. The first kappa shape index (κ1) is 21.6. The molecule has 0 aliphatic carbocycles. The smallest absolute Gasteiger partial charge is 0.340 e. The highest BCUT2D eigenvalue weighted by Crippen LogP contribution is 2.26. The fourth-order valence-electron chi connectivity index (χ4n) is 3.03. The number of ether oxygens (including phenoxy) is 3. The van der Waals surface area contributed by atoms with Crippen LogP contribution in [-0.4, -0.2) is 38.6 Å². The van der Waals surface area contributed by atoms with E-state index in [0.717, 1.165) is 0 Å². The van der Waals surface area contributed by atoms with Crippen molar-refractivity contribution in [3.05, 3.63) is 70.9 Å². The van der Waals surface area contributed by atoms with Crippen LogP contribution in [0.2, 0.25) is 0 Å². The minimum Gasteiger partial charge on any atom is -0.495 e. The first-order valence-electron chi connectivity index (χ1n) is 9.41. The Morgan fingerprint density at radius 2 is 1.77 bits per heavy atom. The van der Waals surface area contributed by atoms with Gasteiger partial charge in [0.2, 0.25) is 0 Å². The average Bonchev–Trinajstić information content (AvgIpc) is 3.05. The average molecular weight is 422 g/mol. The molecule has 8 nitrogen and oxygen atoms in total. The predicted molar refractivity (Wildman–Crippen MR) is 114 cm³/mol. The molecular formula is C23H22N2O6. The molecule has 0 bridgehead atoms. The van der Waals surface area contributed by atoms with Crippen LogP contribution in [0.1, 0.15) is 12.5 Å². The minimum atomic E-state index is -0.580. The van der Waals surface area contributed by atoms with Gasteiger partial charge in [0.25, 0.3) is 11.8 Å². The van der Waals surface area contributed by atoms with E-state index in [2.05, 4.69) is 10.6 Å². The highest BCUT2D eigenvalue weighted by Gasteiger charge is 2.30. The second-order valence-electron chi connectivity index (χ2n) is 6.61. The van der Waals surface area contributed by atoms with E-state index in [4.69, 9.17) is 14.2 Å². The van der Waals surface area contributed by atoms with Crippen LogP contribution in [-0.2, 0) is 19.1 Å². The summed E-state index contributed by atoms with van der Waals surface area (Å²) in [6.07, 6.45) is 1.59. The Kier molecular flexibility index (Phi) is 6.71. The molecule has 3 rings (SSSR count). The Bertz CT molecular complexity index is 1070. The van der Waals surface area contributed by atoms with Gasteiger partial charge in [-0.05, 0) is 42.8 Å². The third-order valence-electron chi connectivity index (χ3n) is 4.52. The van der Waals surface area contributed by atoms with Crippen molar-refractivity contribution < 1.29 is 28.6 Å². The molecule has 1 aliphatic rings. The largest absolute Gasteiger partial charge is 0.495 e. The summed E-state index contributed by atoms with van der Waals surface area (Å²) in [7, 11) is 2.79. The van der Waals surface area contributed by atoms with Gasteiger partial charge < -0.3 is 24.8 Å². The van der Waals surface area contributed by atoms with Crippen molar-refractivity contribution in [1.29, 1.82) is 0 Å². The summed E-state index contributed by atoms with van der Waals surface area (Å²) in [6, 6.07) is 13.9. The number of anilines is 1. The van der Waals surface area contributed by atoms with Crippen molar-refractivity contribution in [2.45, 2.75) is 6.92 Å². The summed E-state index contributed by atoms with van der Waals surface area (Å²) in [5.74, 6) is -0.246. The molecule has 8 heteroatoms. The maximum Gasteiger partial charge on any atom is 0.340 e. The number of hydrogen-bond acceptors (Lipinski definition) is 6. The number of esters is 1. The standard InChI is InChI=1S/C23H22N2O6/c1-14-21(23(28)30-3)17(22(27)24-14)12-15-8-10-16(11-9-15)31-13-20(26)25-18-6-4-5-7-19(18)29-2/h4-12H,13H2,1-3H3,(H,24,27)(H,25,26)/b17-12+. The molecule has 160 valence electrons. The van der Waals surface area contributed by atoms with E-state index in [1.54, 1.807) is 55.5 Å². The summed E-state index contributed by atoms with van der Waals surface area (Å²) in [5, 5.41) is 5.35. The van der Waals surface area contributed by atoms with E-state index in [1.807, 2.05) is 6.07 Å². The number of rotatable bonds is 7. The van der Waals surface area contributed by atoms with Crippen molar-refractivity contribution in [1.82, 2.24) is 5.32 Å². The van der Waals surface area contributed by atoms with Crippen molar-refractivity contribution in [3.8, 4) is 11.5 Å². The Morgan fingerprint density at radius 3 is 2.45 bits per heavy atom. The van der Waals surface area contributed by atoms with Gasteiger partial charge in [0.1, 0.15) is 11.5 Å². The Morgan fingerprint density at radius 1 is 1.06 bits per heavy atom. The summed E-state index contributed by atoms with van der Waals surface area (Å²) in [4.78, 5) is 36.3. The van der Waals surface area contributed by atoms with Crippen LogP contribution in [0.15, 0.2) is 65.4 Å². The van der Waals surface area contributed by atoms with Crippen LogP contribution in [0.4, 0.5) is 5.69 Å². The van der Waals surface area contributed by atoms with Gasteiger partial charge in [-0.1, -0.05) is 24.3 Å². The second kappa shape index (κ2) is 9.62. The molecule has 0 saturated carbocycles. The van der Waals surface area contributed by atoms with Crippen molar-refractivity contribution in [3.63, 3.8) is 0 Å². The van der Waals surface area contributed by atoms with Crippen LogP contribution >= 0.6 is 0 Å². The Hall–Kier alpha value is -4.07. The Balaban J connectivity index is 1.64. The lowest BCUT2D eigenvalue weighted by Crippen LogP contribution is -2.20. The Labute approximate surface area is 179 Å². The van der Waals surface area contributed by atoms with Crippen LogP contribution < -0.4 is 20.1 Å². The zero-order valence-corrected chi connectivity index (χ0v) is 17.4. The highest BCUT2D eigenvalue weighted by atomic mass is 16.5. The number of amides is 2. The molecule has 0 aromatic heterocycles. The topological polar surface area (TPSA) is 103 Å². The van der Waals surface area contributed by atoms with E-state index < -0.39 is 5.97 Å². The number of benzene rings is 2. The quantitative estimate of drug-likeness (QED) is 0.525. The van der Waals surface area contributed by atoms with E-state index in [9.17, 15) is 14.4 Å². The number of allylic oxidation sites excluding steroid dienone is 1. The van der Waals surface area contributed by atoms with Gasteiger partial charge in [-0.15, -0.1) is 0 Å². The van der Waals surface area contributed by atoms with Gasteiger partial charge in [0.15, 0.2) is 6.61 Å². The van der Waals surface area contributed by atoms with Gasteiger partial charge in [0, 0.05) is 5.70 Å². The first-order valence-corrected chi connectivity index (χ1v) is 9.41.